The number of rotatable bonds is 12. The second-order valence-corrected chi connectivity index (χ2v) is 12.3. The Kier molecular flexibility index (Phi) is 11.3. The van der Waals surface area contributed by atoms with E-state index in [4.69, 9.17) is 34.8 Å². The molecule has 0 heterocycles. The van der Waals surface area contributed by atoms with Crippen LogP contribution in [0.25, 0.3) is 0 Å². The van der Waals surface area contributed by atoms with Gasteiger partial charge >= 0.3 is 0 Å². The van der Waals surface area contributed by atoms with E-state index in [-0.39, 0.29) is 23.0 Å². The summed E-state index contributed by atoms with van der Waals surface area (Å²) in [5.41, 5.74) is 1.19. The minimum absolute atomic E-state index is 0.00762. The average molecular weight is 625 g/mol. The zero-order valence-corrected chi connectivity index (χ0v) is 25.6. The fourth-order valence-electron chi connectivity index (χ4n) is 4.07. The van der Waals surface area contributed by atoms with Crippen LogP contribution in [0.3, 0.4) is 0 Å². The monoisotopic (exact) mass is 623 g/mol. The van der Waals surface area contributed by atoms with Crippen LogP contribution in [-0.2, 0) is 26.2 Å². The Morgan fingerprint density at radius 2 is 1.50 bits per heavy atom. The van der Waals surface area contributed by atoms with Gasteiger partial charge in [-0.15, -0.1) is 0 Å². The lowest BCUT2D eigenvalue weighted by molar-refractivity contribution is -0.139. The average Bonchev–Trinajstić information content (AvgIpc) is 2.93. The van der Waals surface area contributed by atoms with E-state index in [0.717, 1.165) is 17.1 Å². The number of unbranched alkanes of at least 4 members (excludes halogenated alkanes) is 1. The lowest BCUT2D eigenvalue weighted by atomic mass is 10.1. The van der Waals surface area contributed by atoms with Gasteiger partial charge in [0.1, 0.15) is 12.6 Å². The van der Waals surface area contributed by atoms with E-state index in [1.165, 1.54) is 17.0 Å². The van der Waals surface area contributed by atoms with E-state index in [1.54, 1.807) is 68.4 Å². The normalized spacial score (nSPS) is 12.1. The Labute approximate surface area is 251 Å². The van der Waals surface area contributed by atoms with Gasteiger partial charge in [0, 0.05) is 33.7 Å². The van der Waals surface area contributed by atoms with Crippen molar-refractivity contribution < 1.29 is 18.0 Å². The van der Waals surface area contributed by atoms with Crippen molar-refractivity contribution in [2.75, 3.05) is 17.4 Å². The first-order valence-corrected chi connectivity index (χ1v) is 15.4. The summed E-state index contributed by atoms with van der Waals surface area (Å²) < 4.78 is 28.8. The van der Waals surface area contributed by atoms with E-state index in [1.807, 2.05) is 6.92 Å². The topological polar surface area (TPSA) is 86.8 Å². The van der Waals surface area contributed by atoms with Crippen molar-refractivity contribution in [3.63, 3.8) is 0 Å². The third-order valence-corrected chi connectivity index (χ3v) is 9.40. The van der Waals surface area contributed by atoms with Gasteiger partial charge in [0.05, 0.1) is 10.6 Å². The lowest BCUT2D eigenvalue weighted by Crippen LogP contribution is -2.51. The van der Waals surface area contributed by atoms with Crippen molar-refractivity contribution in [1.82, 2.24) is 10.2 Å². The highest BCUT2D eigenvalue weighted by Crippen LogP contribution is 2.32. The third-order valence-electron chi connectivity index (χ3n) is 6.50. The highest BCUT2D eigenvalue weighted by atomic mass is 35.5. The molecule has 0 saturated heterocycles. The molecule has 1 N–H and O–H groups in total. The fraction of sp³-hybridized carbons (Fsp3) is 0.310. The predicted molar refractivity (Wildman–Crippen MR) is 162 cm³/mol. The molecule has 0 fully saturated rings. The molecule has 7 nitrogen and oxygen atoms in total. The SMILES string of the molecule is CCCCNC(=O)[C@H](C)N(Cc1c(Cl)cccc1Cl)C(=O)CN(c1cccc(Cl)c1C)S(=O)(=O)c1ccccc1. The molecular formula is C29H32Cl3N3O4S. The van der Waals surface area contributed by atoms with Gasteiger partial charge in [-0.2, -0.15) is 0 Å². The molecule has 0 unspecified atom stereocenters. The molecule has 40 heavy (non-hydrogen) atoms. The fourth-order valence-corrected chi connectivity index (χ4v) is 6.25. The molecule has 0 aromatic heterocycles. The second-order valence-electron chi connectivity index (χ2n) is 9.25. The number of hydrogen-bond acceptors (Lipinski definition) is 4. The highest BCUT2D eigenvalue weighted by Gasteiger charge is 2.33. The second kappa shape index (κ2) is 14.2. The molecule has 0 saturated carbocycles. The number of nitrogens with zero attached hydrogens (tertiary/aromatic N) is 2. The van der Waals surface area contributed by atoms with Crippen LogP contribution in [0.4, 0.5) is 5.69 Å². The predicted octanol–water partition coefficient (Wildman–Crippen LogP) is 6.48. The van der Waals surface area contributed by atoms with Gasteiger partial charge in [0.2, 0.25) is 11.8 Å². The van der Waals surface area contributed by atoms with Gasteiger partial charge in [-0.05, 0) is 62.2 Å². The number of hydrogen-bond donors (Lipinski definition) is 1. The largest absolute Gasteiger partial charge is 0.354 e. The molecule has 1 atom stereocenters. The Balaban J connectivity index is 2.07. The van der Waals surface area contributed by atoms with E-state index in [0.29, 0.717) is 32.7 Å². The van der Waals surface area contributed by atoms with E-state index in [9.17, 15) is 18.0 Å². The molecule has 0 aliphatic rings. The minimum atomic E-state index is -4.20. The van der Waals surface area contributed by atoms with Gasteiger partial charge < -0.3 is 10.2 Å². The van der Waals surface area contributed by atoms with Crippen LogP contribution < -0.4 is 9.62 Å². The van der Waals surface area contributed by atoms with Crippen LogP contribution in [0.1, 0.15) is 37.8 Å². The van der Waals surface area contributed by atoms with Crippen molar-refractivity contribution in [2.45, 2.75) is 51.1 Å². The number of benzene rings is 3. The standard InChI is InChI=1S/C29H32Cl3N3O4S/c1-4-5-17-33-29(37)21(3)34(18-23-25(31)14-9-15-26(23)32)28(36)19-35(27-16-10-13-24(30)20(27)2)40(38,39)22-11-7-6-8-12-22/h6-16,21H,4-5,17-19H2,1-3H3,(H,33,37)/t21-/m0/s1. The first-order valence-electron chi connectivity index (χ1n) is 12.8. The Morgan fingerprint density at radius 3 is 2.12 bits per heavy atom. The van der Waals surface area contributed by atoms with Crippen LogP contribution in [-0.4, -0.2) is 44.3 Å². The summed E-state index contributed by atoms with van der Waals surface area (Å²) >= 11 is 19.2. The van der Waals surface area contributed by atoms with Gasteiger partial charge in [0.15, 0.2) is 0 Å². The summed E-state index contributed by atoms with van der Waals surface area (Å²) in [6, 6.07) is 16.7. The Morgan fingerprint density at radius 1 is 0.900 bits per heavy atom. The summed E-state index contributed by atoms with van der Waals surface area (Å²) in [5.74, 6) is -0.991. The Hall–Kier alpha value is -2.78. The van der Waals surface area contributed by atoms with Crippen molar-refractivity contribution in [3.8, 4) is 0 Å². The van der Waals surface area contributed by atoms with Crippen LogP contribution in [0, 0.1) is 6.92 Å². The minimum Gasteiger partial charge on any atom is -0.354 e. The van der Waals surface area contributed by atoms with Gasteiger partial charge in [-0.25, -0.2) is 8.42 Å². The highest BCUT2D eigenvalue weighted by molar-refractivity contribution is 7.92. The van der Waals surface area contributed by atoms with Gasteiger partial charge in [-0.1, -0.05) is 78.5 Å². The van der Waals surface area contributed by atoms with Crippen LogP contribution in [0.2, 0.25) is 15.1 Å². The molecule has 0 aliphatic heterocycles. The molecule has 0 spiro atoms. The van der Waals surface area contributed by atoms with E-state index in [2.05, 4.69) is 5.32 Å². The number of carbonyl (C=O) groups is 2. The number of nitrogens with one attached hydrogen (secondary N) is 1. The summed E-state index contributed by atoms with van der Waals surface area (Å²) in [5, 5.41) is 3.84. The number of amides is 2. The number of halogens is 3. The van der Waals surface area contributed by atoms with Crippen molar-refractivity contribution in [3.05, 3.63) is 92.9 Å². The molecule has 0 bridgehead atoms. The molecule has 3 rings (SSSR count). The van der Waals surface area contributed by atoms with E-state index < -0.39 is 28.5 Å². The van der Waals surface area contributed by atoms with Crippen LogP contribution in [0.15, 0.2) is 71.6 Å². The smallest absolute Gasteiger partial charge is 0.264 e. The zero-order valence-electron chi connectivity index (χ0n) is 22.5. The molecule has 11 heteroatoms. The van der Waals surface area contributed by atoms with Crippen molar-refractivity contribution in [1.29, 1.82) is 0 Å². The Bertz CT molecular complexity index is 1430. The molecule has 0 radical (unpaired) electrons. The summed E-state index contributed by atoms with van der Waals surface area (Å²) in [6.07, 6.45) is 1.66. The molecule has 214 valence electrons. The molecule has 0 aliphatic carbocycles. The third kappa shape index (κ3) is 7.49. The first-order chi connectivity index (χ1) is 19.0. The molecular weight excluding hydrogens is 593 g/mol. The maximum absolute atomic E-state index is 14.0. The first kappa shape index (κ1) is 31.7. The maximum atomic E-state index is 14.0. The summed E-state index contributed by atoms with van der Waals surface area (Å²) in [7, 11) is -4.20. The molecule has 3 aromatic carbocycles. The maximum Gasteiger partial charge on any atom is 0.264 e. The van der Waals surface area contributed by atoms with Crippen LogP contribution >= 0.6 is 34.8 Å². The number of anilines is 1. The zero-order chi connectivity index (χ0) is 29.4. The molecule has 3 aromatic rings. The lowest BCUT2D eigenvalue weighted by Gasteiger charge is -2.33. The van der Waals surface area contributed by atoms with Gasteiger partial charge in [-0.3, -0.25) is 13.9 Å². The number of carbonyl (C=O) groups excluding carboxylic acids is 2. The van der Waals surface area contributed by atoms with Crippen LogP contribution in [0.5, 0.6) is 0 Å². The van der Waals surface area contributed by atoms with Crippen molar-refractivity contribution >= 4 is 62.3 Å². The summed E-state index contributed by atoms with van der Waals surface area (Å²) in [4.78, 5) is 28.4. The number of sulfonamides is 1. The van der Waals surface area contributed by atoms with Gasteiger partial charge in [0.25, 0.3) is 10.0 Å². The molecule has 2 amide bonds. The summed E-state index contributed by atoms with van der Waals surface area (Å²) in [6.45, 7) is 5.03. The van der Waals surface area contributed by atoms with E-state index >= 15 is 0 Å². The van der Waals surface area contributed by atoms with Crippen molar-refractivity contribution in [2.24, 2.45) is 0 Å². The quantitative estimate of drug-likeness (QED) is 0.234.